The Balaban J connectivity index is 2.57. The summed E-state index contributed by atoms with van der Waals surface area (Å²) in [7, 11) is 0. The first-order valence-electron chi connectivity index (χ1n) is 4.59. The molecule has 4 heteroatoms. The van der Waals surface area contributed by atoms with Gasteiger partial charge in [-0.1, -0.05) is 6.92 Å². The quantitative estimate of drug-likeness (QED) is 0.621. The molecule has 0 aliphatic carbocycles. The number of piperidine rings is 1. The Labute approximate surface area is 77.6 Å². The topological polar surface area (TPSA) is 55.4 Å². The highest BCUT2D eigenvalue weighted by Gasteiger charge is 2.33. The summed E-state index contributed by atoms with van der Waals surface area (Å²) in [6.07, 6.45) is 0.511. The number of carbonyl (C=O) groups excluding carboxylic acids is 2. The highest BCUT2D eigenvalue weighted by molar-refractivity contribution is 5.89. The third-order valence-electron chi connectivity index (χ3n) is 2.28. The smallest absolute Gasteiger partial charge is 0.323 e. The van der Waals surface area contributed by atoms with E-state index in [2.05, 4.69) is 5.32 Å². The third-order valence-corrected chi connectivity index (χ3v) is 2.28. The van der Waals surface area contributed by atoms with Gasteiger partial charge in [0.25, 0.3) is 0 Å². The van der Waals surface area contributed by atoms with Crippen molar-refractivity contribution in [2.75, 3.05) is 13.2 Å². The van der Waals surface area contributed by atoms with E-state index in [0.717, 1.165) is 0 Å². The van der Waals surface area contributed by atoms with Crippen molar-refractivity contribution in [3.8, 4) is 0 Å². The second kappa shape index (κ2) is 4.37. The van der Waals surface area contributed by atoms with Gasteiger partial charge < -0.3 is 10.1 Å². The average molecular weight is 185 g/mol. The highest BCUT2D eigenvalue weighted by atomic mass is 16.5. The fourth-order valence-corrected chi connectivity index (χ4v) is 1.46. The molecule has 1 saturated heterocycles. The van der Waals surface area contributed by atoms with Crippen LogP contribution >= 0.6 is 0 Å². The molecule has 1 aliphatic rings. The molecule has 13 heavy (non-hydrogen) atoms. The molecule has 0 radical (unpaired) electrons. The van der Waals surface area contributed by atoms with Crippen molar-refractivity contribution in [2.45, 2.75) is 26.3 Å². The van der Waals surface area contributed by atoms with Crippen molar-refractivity contribution >= 4 is 11.8 Å². The molecule has 0 bridgehead atoms. The molecule has 0 aromatic rings. The van der Waals surface area contributed by atoms with Crippen LogP contribution in [-0.4, -0.2) is 30.9 Å². The number of ketones is 1. The van der Waals surface area contributed by atoms with E-state index in [1.54, 1.807) is 13.8 Å². The molecular formula is C9H15NO3. The number of ether oxygens (including phenoxy) is 1. The molecule has 0 amide bonds. The largest absolute Gasteiger partial charge is 0.465 e. The lowest BCUT2D eigenvalue weighted by molar-refractivity contribution is -0.150. The summed E-state index contributed by atoms with van der Waals surface area (Å²) in [5.74, 6) is -0.437. The van der Waals surface area contributed by atoms with E-state index in [4.69, 9.17) is 4.74 Å². The van der Waals surface area contributed by atoms with Gasteiger partial charge in [0.1, 0.15) is 11.8 Å². The Kier molecular flexibility index (Phi) is 3.42. The van der Waals surface area contributed by atoms with Gasteiger partial charge in [0, 0.05) is 18.9 Å². The van der Waals surface area contributed by atoms with Crippen molar-refractivity contribution < 1.29 is 14.3 Å². The lowest BCUT2D eigenvalue weighted by Crippen LogP contribution is -2.50. The van der Waals surface area contributed by atoms with Gasteiger partial charge in [-0.15, -0.1) is 0 Å². The van der Waals surface area contributed by atoms with Crippen LogP contribution in [-0.2, 0) is 14.3 Å². The molecular weight excluding hydrogens is 170 g/mol. The van der Waals surface area contributed by atoms with E-state index in [9.17, 15) is 9.59 Å². The Morgan fingerprint density at radius 1 is 1.69 bits per heavy atom. The van der Waals surface area contributed by atoms with E-state index < -0.39 is 6.04 Å². The van der Waals surface area contributed by atoms with Crippen molar-refractivity contribution in [1.82, 2.24) is 5.32 Å². The first-order valence-corrected chi connectivity index (χ1v) is 4.59. The van der Waals surface area contributed by atoms with Crippen LogP contribution in [0, 0.1) is 5.92 Å². The normalized spacial score (nSPS) is 28.6. The van der Waals surface area contributed by atoms with Gasteiger partial charge in [-0.3, -0.25) is 9.59 Å². The average Bonchev–Trinajstić information content (AvgIpc) is 2.10. The Morgan fingerprint density at radius 2 is 2.38 bits per heavy atom. The van der Waals surface area contributed by atoms with E-state index in [1.165, 1.54) is 0 Å². The minimum Gasteiger partial charge on any atom is -0.465 e. The van der Waals surface area contributed by atoms with Crippen molar-refractivity contribution in [1.29, 1.82) is 0 Å². The lowest BCUT2D eigenvalue weighted by atomic mass is 9.91. The van der Waals surface area contributed by atoms with Crippen LogP contribution in [0.2, 0.25) is 0 Å². The molecule has 2 atom stereocenters. The summed E-state index contributed by atoms with van der Waals surface area (Å²) in [4.78, 5) is 22.6. The van der Waals surface area contributed by atoms with E-state index >= 15 is 0 Å². The van der Waals surface area contributed by atoms with Gasteiger partial charge in [-0.25, -0.2) is 0 Å². The monoisotopic (exact) mass is 185 g/mol. The molecule has 1 heterocycles. The maximum atomic E-state index is 11.3. The summed E-state index contributed by atoms with van der Waals surface area (Å²) >= 11 is 0. The van der Waals surface area contributed by atoms with Crippen molar-refractivity contribution in [3.05, 3.63) is 0 Å². The van der Waals surface area contributed by atoms with Crippen LogP contribution in [0.4, 0.5) is 0 Å². The molecule has 1 aliphatic heterocycles. The summed E-state index contributed by atoms with van der Waals surface area (Å²) < 4.78 is 4.85. The predicted octanol–water partition coefficient (Wildman–Crippen LogP) is 0.117. The summed E-state index contributed by atoms with van der Waals surface area (Å²) in [6, 6.07) is -0.443. The Hall–Kier alpha value is -0.900. The van der Waals surface area contributed by atoms with Gasteiger partial charge in [-0.2, -0.15) is 0 Å². The maximum Gasteiger partial charge on any atom is 0.323 e. The number of esters is 1. The van der Waals surface area contributed by atoms with Crippen LogP contribution < -0.4 is 5.32 Å². The highest BCUT2D eigenvalue weighted by Crippen LogP contribution is 2.13. The summed E-state index contributed by atoms with van der Waals surface area (Å²) in [5.41, 5.74) is 0. The van der Waals surface area contributed by atoms with E-state index in [0.29, 0.717) is 19.6 Å². The molecule has 74 valence electrons. The predicted molar refractivity (Wildman–Crippen MR) is 47.2 cm³/mol. The van der Waals surface area contributed by atoms with Crippen LogP contribution in [0.25, 0.3) is 0 Å². The molecule has 0 saturated carbocycles. The van der Waals surface area contributed by atoms with Crippen LogP contribution in [0.15, 0.2) is 0 Å². The zero-order chi connectivity index (χ0) is 9.84. The van der Waals surface area contributed by atoms with Gasteiger partial charge in [0.2, 0.25) is 0 Å². The fourth-order valence-electron chi connectivity index (χ4n) is 1.46. The van der Waals surface area contributed by atoms with Crippen LogP contribution in [0.1, 0.15) is 20.3 Å². The zero-order valence-electron chi connectivity index (χ0n) is 8.00. The standard InChI is InChI=1S/C9H15NO3/c1-3-13-9(12)8-6(2)7(11)4-5-10-8/h6,8,10H,3-5H2,1-2H3. The Bertz CT molecular complexity index is 215. The molecule has 4 nitrogen and oxygen atoms in total. The minimum absolute atomic E-state index is 0.136. The second-order valence-corrected chi connectivity index (χ2v) is 3.19. The van der Waals surface area contributed by atoms with E-state index in [1.807, 2.05) is 0 Å². The number of Topliss-reactive ketones (excluding diaryl/α,β-unsaturated/α-hetero) is 1. The first kappa shape index (κ1) is 10.2. The fraction of sp³-hybridized carbons (Fsp3) is 0.778. The van der Waals surface area contributed by atoms with Gasteiger partial charge in [-0.05, 0) is 6.92 Å². The number of rotatable bonds is 2. The Morgan fingerprint density at radius 3 is 3.00 bits per heavy atom. The zero-order valence-corrected chi connectivity index (χ0v) is 8.00. The molecule has 0 spiro atoms. The maximum absolute atomic E-state index is 11.3. The SMILES string of the molecule is CCOC(=O)C1NCCC(=O)C1C. The second-order valence-electron chi connectivity index (χ2n) is 3.19. The molecule has 1 rings (SSSR count). The number of hydrogen-bond donors (Lipinski definition) is 1. The van der Waals surface area contributed by atoms with Gasteiger partial charge in [0.15, 0.2) is 0 Å². The molecule has 2 unspecified atom stereocenters. The number of carbonyl (C=O) groups is 2. The van der Waals surface area contributed by atoms with Gasteiger partial charge in [0.05, 0.1) is 6.61 Å². The number of nitrogens with one attached hydrogen (secondary N) is 1. The summed E-state index contributed by atoms with van der Waals surface area (Å²) in [5, 5.41) is 2.99. The van der Waals surface area contributed by atoms with Crippen LogP contribution in [0.5, 0.6) is 0 Å². The van der Waals surface area contributed by atoms with Crippen LogP contribution in [0.3, 0.4) is 0 Å². The van der Waals surface area contributed by atoms with E-state index in [-0.39, 0.29) is 17.7 Å². The van der Waals surface area contributed by atoms with Crippen molar-refractivity contribution in [3.63, 3.8) is 0 Å². The summed E-state index contributed by atoms with van der Waals surface area (Å²) in [6.45, 7) is 4.45. The van der Waals surface area contributed by atoms with Gasteiger partial charge >= 0.3 is 5.97 Å². The first-order chi connectivity index (χ1) is 6.16. The molecule has 1 fully saturated rings. The third kappa shape index (κ3) is 2.28. The lowest BCUT2D eigenvalue weighted by Gasteiger charge is -2.26. The number of hydrogen-bond acceptors (Lipinski definition) is 4. The minimum atomic E-state index is -0.443. The molecule has 0 aromatic heterocycles. The molecule has 0 aromatic carbocycles. The molecule has 1 N–H and O–H groups in total. The van der Waals surface area contributed by atoms with Crippen molar-refractivity contribution in [2.24, 2.45) is 5.92 Å².